The molecule has 0 aliphatic heterocycles. The Kier molecular flexibility index (Phi) is 4.51. The molecular formula is C13H10BrCl2NO. The summed E-state index contributed by atoms with van der Waals surface area (Å²) in [5, 5.41) is 1.24. The van der Waals surface area contributed by atoms with Crippen LogP contribution in [0.25, 0.3) is 0 Å². The highest BCUT2D eigenvalue weighted by molar-refractivity contribution is 9.10. The summed E-state index contributed by atoms with van der Waals surface area (Å²) in [7, 11) is 0. The number of nitrogens with two attached hydrogens (primary N) is 1. The molecule has 0 amide bonds. The number of hydrogen-bond donors (Lipinski definition) is 1. The van der Waals surface area contributed by atoms with E-state index in [1.54, 1.807) is 30.3 Å². The van der Waals surface area contributed by atoms with Gasteiger partial charge < -0.3 is 10.5 Å². The van der Waals surface area contributed by atoms with Crippen LogP contribution < -0.4 is 10.5 Å². The van der Waals surface area contributed by atoms with Gasteiger partial charge in [0.1, 0.15) is 11.5 Å². The zero-order valence-electron chi connectivity index (χ0n) is 9.29. The van der Waals surface area contributed by atoms with Gasteiger partial charge in [-0.15, -0.1) is 0 Å². The van der Waals surface area contributed by atoms with Crippen LogP contribution >= 0.6 is 39.1 Å². The Morgan fingerprint density at radius 1 is 1.00 bits per heavy atom. The van der Waals surface area contributed by atoms with Gasteiger partial charge in [0.25, 0.3) is 0 Å². The van der Waals surface area contributed by atoms with Crippen LogP contribution in [0.3, 0.4) is 0 Å². The smallest absolute Gasteiger partial charge is 0.141 e. The fraction of sp³-hybridized carbons (Fsp3) is 0.0769. The highest BCUT2D eigenvalue weighted by atomic mass is 79.9. The third-order valence-electron chi connectivity index (χ3n) is 2.36. The van der Waals surface area contributed by atoms with Crippen molar-refractivity contribution in [3.05, 3.63) is 56.5 Å². The Hall–Kier alpha value is -0.740. The molecule has 0 saturated heterocycles. The molecule has 2 aromatic carbocycles. The molecule has 94 valence electrons. The second kappa shape index (κ2) is 5.93. The van der Waals surface area contributed by atoms with E-state index in [0.29, 0.717) is 28.1 Å². The average Bonchev–Trinajstić information content (AvgIpc) is 2.33. The molecule has 2 nitrogen and oxygen atoms in total. The summed E-state index contributed by atoms with van der Waals surface area (Å²) >= 11 is 15.2. The topological polar surface area (TPSA) is 35.2 Å². The van der Waals surface area contributed by atoms with E-state index in [-0.39, 0.29) is 0 Å². The van der Waals surface area contributed by atoms with Gasteiger partial charge in [0.2, 0.25) is 0 Å². The lowest BCUT2D eigenvalue weighted by Gasteiger charge is -2.12. The number of benzene rings is 2. The first-order valence-electron chi connectivity index (χ1n) is 5.21. The van der Waals surface area contributed by atoms with Crippen molar-refractivity contribution in [2.45, 2.75) is 6.54 Å². The van der Waals surface area contributed by atoms with Crippen LogP contribution in [-0.2, 0) is 6.54 Å². The second-order valence-electron chi connectivity index (χ2n) is 3.63. The van der Waals surface area contributed by atoms with E-state index in [4.69, 9.17) is 33.7 Å². The van der Waals surface area contributed by atoms with E-state index in [0.717, 1.165) is 10.0 Å². The predicted molar refractivity (Wildman–Crippen MR) is 78.6 cm³/mol. The SMILES string of the molecule is NCc1ccc(Cl)cc1Oc1ccc(Cl)cc1Br. The fourth-order valence-electron chi connectivity index (χ4n) is 1.47. The van der Waals surface area contributed by atoms with Crippen molar-refractivity contribution in [1.29, 1.82) is 0 Å². The fourth-order valence-corrected chi connectivity index (χ4v) is 2.39. The third kappa shape index (κ3) is 3.18. The minimum Gasteiger partial charge on any atom is -0.456 e. The van der Waals surface area contributed by atoms with Crippen molar-refractivity contribution in [2.75, 3.05) is 0 Å². The first-order chi connectivity index (χ1) is 8.60. The molecule has 0 radical (unpaired) electrons. The van der Waals surface area contributed by atoms with Crippen molar-refractivity contribution < 1.29 is 4.74 Å². The lowest BCUT2D eigenvalue weighted by molar-refractivity contribution is 0.473. The summed E-state index contributed by atoms with van der Waals surface area (Å²) in [6.45, 7) is 0.387. The van der Waals surface area contributed by atoms with Crippen molar-refractivity contribution in [3.8, 4) is 11.5 Å². The average molecular weight is 347 g/mol. The Morgan fingerprint density at radius 2 is 1.67 bits per heavy atom. The van der Waals surface area contributed by atoms with Crippen molar-refractivity contribution in [2.24, 2.45) is 5.73 Å². The monoisotopic (exact) mass is 345 g/mol. The molecule has 0 heterocycles. The highest BCUT2D eigenvalue weighted by Crippen LogP contribution is 2.34. The van der Waals surface area contributed by atoms with Gasteiger partial charge in [0.05, 0.1) is 4.47 Å². The molecule has 0 aliphatic carbocycles. The zero-order chi connectivity index (χ0) is 13.1. The molecule has 0 aromatic heterocycles. The zero-order valence-corrected chi connectivity index (χ0v) is 12.4. The van der Waals surface area contributed by atoms with Crippen molar-refractivity contribution in [3.63, 3.8) is 0 Å². The number of ether oxygens (including phenoxy) is 1. The maximum atomic E-state index is 5.95. The van der Waals surface area contributed by atoms with Gasteiger partial charge in [0.15, 0.2) is 0 Å². The Morgan fingerprint density at radius 3 is 2.33 bits per heavy atom. The molecule has 18 heavy (non-hydrogen) atoms. The summed E-state index contributed by atoms with van der Waals surface area (Å²) in [6.07, 6.45) is 0. The maximum Gasteiger partial charge on any atom is 0.141 e. The first-order valence-corrected chi connectivity index (χ1v) is 6.76. The molecule has 0 atom stereocenters. The number of rotatable bonds is 3. The summed E-state index contributed by atoms with van der Waals surface area (Å²) < 4.78 is 6.57. The number of hydrogen-bond acceptors (Lipinski definition) is 2. The third-order valence-corrected chi connectivity index (χ3v) is 3.45. The summed E-state index contributed by atoms with van der Waals surface area (Å²) in [4.78, 5) is 0. The van der Waals surface area contributed by atoms with E-state index in [2.05, 4.69) is 15.9 Å². The molecule has 2 rings (SSSR count). The van der Waals surface area contributed by atoms with Crippen LogP contribution in [0, 0.1) is 0 Å². The van der Waals surface area contributed by atoms with Crippen LogP contribution in [0.4, 0.5) is 0 Å². The standard InChI is InChI=1S/C13H10BrCl2NO/c14-11-5-9(15)3-4-12(11)18-13-6-10(16)2-1-8(13)7-17/h1-6H,7,17H2. The van der Waals surface area contributed by atoms with E-state index < -0.39 is 0 Å². The summed E-state index contributed by atoms with van der Waals surface area (Å²) in [5.41, 5.74) is 6.55. The van der Waals surface area contributed by atoms with Crippen LogP contribution in [0.15, 0.2) is 40.9 Å². The Labute approximate surface area is 124 Å². The van der Waals surface area contributed by atoms with Gasteiger partial charge >= 0.3 is 0 Å². The molecule has 0 aliphatic rings. The molecule has 0 saturated carbocycles. The van der Waals surface area contributed by atoms with Gasteiger partial charge in [-0.05, 0) is 46.3 Å². The lowest BCUT2D eigenvalue weighted by Crippen LogP contribution is -1.99. The lowest BCUT2D eigenvalue weighted by atomic mass is 10.2. The first kappa shape index (κ1) is 13.7. The summed E-state index contributed by atoms with van der Waals surface area (Å²) in [6, 6.07) is 10.7. The molecule has 0 spiro atoms. The second-order valence-corrected chi connectivity index (χ2v) is 5.36. The number of halogens is 3. The van der Waals surface area contributed by atoms with E-state index in [1.807, 2.05) is 6.07 Å². The van der Waals surface area contributed by atoms with Gasteiger partial charge in [-0.2, -0.15) is 0 Å². The van der Waals surface area contributed by atoms with Crippen LogP contribution in [0.5, 0.6) is 11.5 Å². The predicted octanol–water partition coefficient (Wildman–Crippen LogP) is 5.01. The molecule has 0 bridgehead atoms. The molecule has 0 fully saturated rings. The largest absolute Gasteiger partial charge is 0.456 e. The minimum absolute atomic E-state index is 0.387. The molecule has 2 aromatic rings. The highest BCUT2D eigenvalue weighted by Gasteiger charge is 2.08. The Balaban J connectivity index is 2.36. The molecule has 0 unspecified atom stereocenters. The summed E-state index contributed by atoms with van der Waals surface area (Å²) in [5.74, 6) is 1.31. The van der Waals surface area contributed by atoms with Gasteiger partial charge in [-0.1, -0.05) is 29.3 Å². The van der Waals surface area contributed by atoms with Crippen molar-refractivity contribution >= 4 is 39.1 Å². The quantitative estimate of drug-likeness (QED) is 0.848. The molecule has 5 heteroatoms. The van der Waals surface area contributed by atoms with E-state index in [1.165, 1.54) is 0 Å². The minimum atomic E-state index is 0.387. The Bertz CT molecular complexity index is 575. The maximum absolute atomic E-state index is 5.95. The van der Waals surface area contributed by atoms with Crippen LogP contribution in [0.2, 0.25) is 10.0 Å². The van der Waals surface area contributed by atoms with Gasteiger partial charge in [-0.3, -0.25) is 0 Å². The van der Waals surface area contributed by atoms with E-state index in [9.17, 15) is 0 Å². The van der Waals surface area contributed by atoms with Crippen LogP contribution in [-0.4, -0.2) is 0 Å². The van der Waals surface area contributed by atoms with Gasteiger partial charge in [0, 0.05) is 22.2 Å². The normalized spacial score (nSPS) is 10.4. The van der Waals surface area contributed by atoms with Crippen LogP contribution in [0.1, 0.15) is 5.56 Å². The molecular weight excluding hydrogens is 337 g/mol. The van der Waals surface area contributed by atoms with Crippen molar-refractivity contribution in [1.82, 2.24) is 0 Å². The van der Waals surface area contributed by atoms with Gasteiger partial charge in [-0.25, -0.2) is 0 Å². The van der Waals surface area contributed by atoms with E-state index >= 15 is 0 Å². The molecule has 2 N–H and O–H groups in total.